The van der Waals surface area contributed by atoms with Gasteiger partial charge in [-0.3, -0.25) is 14.4 Å². The summed E-state index contributed by atoms with van der Waals surface area (Å²) in [6, 6.07) is 40.0. The molecule has 0 saturated carbocycles. The predicted octanol–water partition coefficient (Wildman–Crippen LogP) is 9.74. The average Bonchev–Trinajstić information content (AvgIpc) is 3.63. The first kappa shape index (κ1) is 36.1. The van der Waals surface area contributed by atoms with Gasteiger partial charge >= 0.3 is 0 Å². The number of aromatic nitrogens is 1. The lowest BCUT2D eigenvalue weighted by molar-refractivity contribution is -0.116. The normalized spacial score (nSPS) is 11.7. The van der Waals surface area contributed by atoms with Gasteiger partial charge in [0, 0.05) is 37.7 Å². The van der Waals surface area contributed by atoms with Crippen molar-refractivity contribution in [2.24, 2.45) is 0 Å². The van der Waals surface area contributed by atoms with Crippen LogP contribution in [0.25, 0.3) is 17.3 Å². The van der Waals surface area contributed by atoms with Crippen LogP contribution < -0.4 is 20.7 Å². The van der Waals surface area contributed by atoms with Gasteiger partial charge in [0.1, 0.15) is 16.7 Å². The molecule has 260 valence electrons. The third kappa shape index (κ3) is 9.35. The zero-order chi connectivity index (χ0) is 36.3. The van der Waals surface area contributed by atoms with E-state index in [1.165, 1.54) is 23.1 Å². The van der Waals surface area contributed by atoms with Crippen molar-refractivity contribution >= 4 is 69.3 Å². The topological polar surface area (TPSA) is 109 Å². The third-order valence-corrected chi connectivity index (χ3v) is 9.95. The highest BCUT2D eigenvalue weighted by Crippen LogP contribution is 2.38. The Morgan fingerprint density at radius 1 is 0.846 bits per heavy atom. The molecular formula is C41H33ClN4O4S2. The van der Waals surface area contributed by atoms with Crippen LogP contribution in [0.2, 0.25) is 5.02 Å². The molecule has 6 rings (SSSR count). The number of nitrogens with one attached hydrogen (secondary N) is 3. The Bertz CT molecular complexity index is 2210. The minimum atomic E-state index is -0.643. The molecule has 1 unspecified atom stereocenters. The Morgan fingerprint density at radius 2 is 1.56 bits per heavy atom. The number of nitrogens with zero attached hydrogens (tertiary/aromatic N) is 1. The fraction of sp³-hybridized carbons (Fsp3) is 0.0732. The molecule has 6 aromatic rings. The predicted molar refractivity (Wildman–Crippen MR) is 211 cm³/mol. The van der Waals surface area contributed by atoms with Gasteiger partial charge in [-0.25, -0.2) is 4.98 Å². The van der Waals surface area contributed by atoms with E-state index in [0.717, 1.165) is 16.0 Å². The van der Waals surface area contributed by atoms with Gasteiger partial charge in [0.2, 0.25) is 5.91 Å². The number of thioether (sulfide) groups is 1. The number of rotatable bonds is 13. The molecule has 1 heterocycles. The number of carbonyl (C=O) groups excluding carboxylic acids is 3. The standard InChI is InChI=1S/C41H33ClN4O4S2/c1-2-50-36-23-12-9-18-29(36)24-34(44-38(47)28-16-7-4-8-17-28)39(48)43-30-19-13-20-31(25-30)52-37(27-14-5-3-6-15-27)40(49)46-41-45-35(26-51-41)32-21-10-11-22-33(32)42/h3-26,37H,2H2,1H3,(H,43,48)(H,44,47)(H,45,46,49)/b34-24+. The summed E-state index contributed by atoms with van der Waals surface area (Å²) in [7, 11) is 0. The van der Waals surface area contributed by atoms with E-state index in [9.17, 15) is 14.4 Å². The van der Waals surface area contributed by atoms with Crippen molar-refractivity contribution in [2.45, 2.75) is 17.1 Å². The minimum Gasteiger partial charge on any atom is -0.493 e. The quantitative estimate of drug-likeness (QED) is 0.0803. The van der Waals surface area contributed by atoms with Crippen molar-refractivity contribution in [3.63, 3.8) is 0 Å². The van der Waals surface area contributed by atoms with E-state index in [1.807, 2.05) is 91.2 Å². The summed E-state index contributed by atoms with van der Waals surface area (Å²) in [4.78, 5) is 46.2. The highest BCUT2D eigenvalue weighted by atomic mass is 35.5. The number of amides is 3. The molecule has 11 heteroatoms. The number of carbonyl (C=O) groups is 3. The Labute approximate surface area is 314 Å². The largest absolute Gasteiger partial charge is 0.493 e. The van der Waals surface area contributed by atoms with E-state index in [4.69, 9.17) is 16.3 Å². The van der Waals surface area contributed by atoms with E-state index in [0.29, 0.717) is 45.0 Å². The van der Waals surface area contributed by atoms with Crippen LogP contribution in [0.4, 0.5) is 10.8 Å². The molecule has 0 saturated heterocycles. The summed E-state index contributed by atoms with van der Waals surface area (Å²) in [6.07, 6.45) is 1.59. The van der Waals surface area contributed by atoms with Crippen molar-refractivity contribution in [1.29, 1.82) is 0 Å². The second-order valence-electron chi connectivity index (χ2n) is 11.2. The van der Waals surface area contributed by atoms with Gasteiger partial charge in [0.05, 0.1) is 12.3 Å². The number of halogens is 1. The number of benzene rings is 5. The number of para-hydroxylation sites is 1. The van der Waals surface area contributed by atoms with Crippen molar-refractivity contribution in [3.8, 4) is 17.0 Å². The van der Waals surface area contributed by atoms with Crippen LogP contribution in [-0.4, -0.2) is 29.3 Å². The maximum Gasteiger partial charge on any atom is 0.272 e. The molecule has 0 aliphatic heterocycles. The summed E-state index contributed by atoms with van der Waals surface area (Å²) < 4.78 is 5.76. The van der Waals surface area contributed by atoms with Crippen molar-refractivity contribution < 1.29 is 19.1 Å². The first-order valence-electron chi connectivity index (χ1n) is 16.3. The lowest BCUT2D eigenvalue weighted by Gasteiger charge is -2.17. The molecule has 1 aromatic heterocycles. The fourth-order valence-electron chi connectivity index (χ4n) is 5.16. The first-order chi connectivity index (χ1) is 25.4. The van der Waals surface area contributed by atoms with Gasteiger partial charge < -0.3 is 20.7 Å². The molecule has 8 nitrogen and oxygen atoms in total. The number of thiazole rings is 1. The van der Waals surface area contributed by atoms with Crippen molar-refractivity contribution in [2.75, 3.05) is 17.2 Å². The molecule has 52 heavy (non-hydrogen) atoms. The Balaban J connectivity index is 1.23. The molecule has 0 radical (unpaired) electrons. The molecule has 0 spiro atoms. The van der Waals surface area contributed by atoms with Gasteiger partial charge in [-0.15, -0.1) is 23.1 Å². The van der Waals surface area contributed by atoms with Crippen LogP contribution in [0.15, 0.2) is 149 Å². The zero-order valence-corrected chi connectivity index (χ0v) is 30.3. The van der Waals surface area contributed by atoms with Crippen LogP contribution in [0.5, 0.6) is 5.75 Å². The van der Waals surface area contributed by atoms with E-state index in [1.54, 1.807) is 60.7 Å². The van der Waals surface area contributed by atoms with Gasteiger partial charge in [0.25, 0.3) is 11.8 Å². The number of anilines is 2. The summed E-state index contributed by atoms with van der Waals surface area (Å²) in [5.41, 5.74) is 3.79. The molecule has 5 aromatic carbocycles. The Morgan fingerprint density at radius 3 is 2.33 bits per heavy atom. The monoisotopic (exact) mass is 744 g/mol. The molecule has 0 aliphatic carbocycles. The average molecular weight is 745 g/mol. The summed E-state index contributed by atoms with van der Waals surface area (Å²) in [5.74, 6) is -0.650. The van der Waals surface area contributed by atoms with Crippen LogP contribution in [0, 0.1) is 0 Å². The van der Waals surface area contributed by atoms with E-state index in [-0.39, 0.29) is 11.6 Å². The second kappa shape index (κ2) is 17.5. The Hall–Kier alpha value is -5.68. The fourth-order valence-corrected chi connectivity index (χ4v) is 7.19. The smallest absolute Gasteiger partial charge is 0.272 e. The molecule has 0 aliphatic rings. The van der Waals surface area contributed by atoms with E-state index < -0.39 is 17.1 Å². The SMILES string of the molecule is CCOc1ccccc1/C=C(/NC(=O)c1ccccc1)C(=O)Nc1cccc(SC(C(=O)Nc2nc(-c3ccccc3Cl)cs2)c2ccccc2)c1. The van der Waals surface area contributed by atoms with Crippen LogP contribution in [0.1, 0.15) is 33.7 Å². The third-order valence-electron chi connectivity index (χ3n) is 7.62. The maximum atomic E-state index is 13.8. The molecule has 1 atom stereocenters. The van der Waals surface area contributed by atoms with Crippen molar-refractivity contribution in [1.82, 2.24) is 10.3 Å². The van der Waals surface area contributed by atoms with E-state index >= 15 is 0 Å². The number of hydrogen-bond acceptors (Lipinski definition) is 7. The van der Waals surface area contributed by atoms with Crippen LogP contribution in [0.3, 0.4) is 0 Å². The Kier molecular flexibility index (Phi) is 12.2. The summed E-state index contributed by atoms with van der Waals surface area (Å²) >= 11 is 9.03. The second-order valence-corrected chi connectivity index (χ2v) is 13.7. The van der Waals surface area contributed by atoms with Gasteiger partial charge in [-0.2, -0.15) is 0 Å². The molecule has 3 amide bonds. The van der Waals surface area contributed by atoms with Gasteiger partial charge in [-0.05, 0) is 61.0 Å². The van der Waals surface area contributed by atoms with Gasteiger partial charge in [-0.1, -0.05) is 103 Å². The molecule has 3 N–H and O–H groups in total. The molecule has 0 fully saturated rings. The number of ether oxygens (including phenoxy) is 1. The molecular weight excluding hydrogens is 712 g/mol. The van der Waals surface area contributed by atoms with Crippen LogP contribution in [-0.2, 0) is 9.59 Å². The number of hydrogen-bond donors (Lipinski definition) is 3. The lowest BCUT2D eigenvalue weighted by atomic mass is 10.1. The highest BCUT2D eigenvalue weighted by Gasteiger charge is 2.24. The van der Waals surface area contributed by atoms with Crippen molar-refractivity contribution in [3.05, 3.63) is 166 Å². The zero-order valence-electron chi connectivity index (χ0n) is 27.9. The van der Waals surface area contributed by atoms with Crippen LogP contribution >= 0.6 is 34.7 Å². The molecule has 0 bridgehead atoms. The highest BCUT2D eigenvalue weighted by molar-refractivity contribution is 8.00. The lowest BCUT2D eigenvalue weighted by Crippen LogP contribution is -2.30. The first-order valence-corrected chi connectivity index (χ1v) is 18.5. The minimum absolute atomic E-state index is 0.0280. The summed E-state index contributed by atoms with van der Waals surface area (Å²) in [6.45, 7) is 2.31. The van der Waals surface area contributed by atoms with Gasteiger partial charge in [0.15, 0.2) is 5.13 Å². The summed E-state index contributed by atoms with van der Waals surface area (Å²) in [5, 5.41) is 10.9. The maximum absolute atomic E-state index is 13.8. The van der Waals surface area contributed by atoms with E-state index in [2.05, 4.69) is 20.9 Å².